The summed E-state index contributed by atoms with van der Waals surface area (Å²) in [6.07, 6.45) is 1.74. The number of benzene rings is 2. The molecule has 2 N–H and O–H groups in total. The fourth-order valence-corrected chi connectivity index (χ4v) is 3.58. The summed E-state index contributed by atoms with van der Waals surface area (Å²) in [5.41, 5.74) is 2.14. The van der Waals surface area contributed by atoms with Crippen LogP contribution in [0.1, 0.15) is 0 Å². The van der Waals surface area contributed by atoms with E-state index in [-0.39, 0.29) is 5.75 Å². The van der Waals surface area contributed by atoms with Gasteiger partial charge in [-0.3, -0.25) is 0 Å². The SMILES string of the molecule is Oc1ccc(Sc2ccnc(Nc3ccc(N4CCOCC4)cc3)n2)cc1. The van der Waals surface area contributed by atoms with E-state index in [1.54, 1.807) is 18.3 Å². The molecule has 4 rings (SSSR count). The number of hydrogen-bond donors (Lipinski definition) is 2. The molecule has 0 saturated carbocycles. The lowest BCUT2D eigenvalue weighted by atomic mass is 10.2. The Hall–Kier alpha value is -2.77. The number of nitrogens with zero attached hydrogens (tertiary/aromatic N) is 3. The minimum atomic E-state index is 0.255. The second-order valence-electron chi connectivity index (χ2n) is 6.09. The highest BCUT2D eigenvalue weighted by Gasteiger charge is 2.11. The predicted molar refractivity (Wildman–Crippen MR) is 107 cm³/mol. The molecule has 7 heteroatoms. The van der Waals surface area contributed by atoms with Gasteiger partial charge >= 0.3 is 0 Å². The van der Waals surface area contributed by atoms with Gasteiger partial charge in [-0.05, 0) is 54.6 Å². The molecule has 138 valence electrons. The normalized spacial score (nSPS) is 14.1. The first-order valence-electron chi connectivity index (χ1n) is 8.76. The number of phenols is 1. The molecule has 1 aliphatic heterocycles. The molecule has 6 nitrogen and oxygen atoms in total. The first-order valence-corrected chi connectivity index (χ1v) is 9.58. The van der Waals surface area contributed by atoms with Crippen LogP contribution in [0, 0.1) is 0 Å². The predicted octanol–water partition coefficient (Wildman–Crippen LogP) is 3.91. The van der Waals surface area contributed by atoms with Gasteiger partial charge in [0.1, 0.15) is 10.8 Å². The quantitative estimate of drug-likeness (QED) is 0.650. The van der Waals surface area contributed by atoms with Crippen molar-refractivity contribution in [2.45, 2.75) is 9.92 Å². The number of morpholine rings is 1. The Kier molecular flexibility index (Phi) is 5.41. The molecule has 1 fully saturated rings. The minimum Gasteiger partial charge on any atom is -0.508 e. The summed E-state index contributed by atoms with van der Waals surface area (Å²) in [6.45, 7) is 3.40. The van der Waals surface area contributed by atoms with Crippen molar-refractivity contribution in [3.8, 4) is 5.75 Å². The van der Waals surface area contributed by atoms with Gasteiger partial charge in [-0.25, -0.2) is 9.97 Å². The van der Waals surface area contributed by atoms with Gasteiger partial charge in [0.25, 0.3) is 0 Å². The Morgan fingerprint density at radius 3 is 2.44 bits per heavy atom. The van der Waals surface area contributed by atoms with Crippen LogP contribution in [0.25, 0.3) is 0 Å². The highest BCUT2D eigenvalue weighted by molar-refractivity contribution is 7.99. The molecule has 2 heterocycles. The summed E-state index contributed by atoms with van der Waals surface area (Å²) in [6, 6.07) is 17.2. The van der Waals surface area contributed by atoms with Crippen LogP contribution in [0.5, 0.6) is 5.75 Å². The van der Waals surface area contributed by atoms with E-state index in [1.807, 2.05) is 30.3 Å². The van der Waals surface area contributed by atoms with Gasteiger partial charge in [-0.1, -0.05) is 11.8 Å². The summed E-state index contributed by atoms with van der Waals surface area (Å²) in [5, 5.41) is 13.5. The molecule has 0 amide bonds. The third-order valence-electron chi connectivity index (χ3n) is 4.19. The molecule has 0 bridgehead atoms. The Bertz CT molecular complexity index is 881. The molecule has 1 aromatic heterocycles. The molecule has 27 heavy (non-hydrogen) atoms. The molecule has 0 aliphatic carbocycles. The third-order valence-corrected chi connectivity index (χ3v) is 5.13. The fourth-order valence-electron chi connectivity index (χ4n) is 2.80. The van der Waals surface area contributed by atoms with Crippen LogP contribution >= 0.6 is 11.8 Å². The van der Waals surface area contributed by atoms with Crippen LogP contribution in [0.15, 0.2) is 70.7 Å². The third kappa shape index (κ3) is 4.69. The van der Waals surface area contributed by atoms with Crippen molar-refractivity contribution in [1.82, 2.24) is 9.97 Å². The topological polar surface area (TPSA) is 70.5 Å². The second-order valence-corrected chi connectivity index (χ2v) is 7.18. The number of aromatic hydroxyl groups is 1. The van der Waals surface area contributed by atoms with Crippen LogP contribution < -0.4 is 10.2 Å². The van der Waals surface area contributed by atoms with Crippen molar-refractivity contribution >= 4 is 29.1 Å². The Morgan fingerprint density at radius 2 is 1.70 bits per heavy atom. The van der Waals surface area contributed by atoms with Crippen molar-refractivity contribution in [1.29, 1.82) is 0 Å². The fraction of sp³-hybridized carbons (Fsp3) is 0.200. The average molecular weight is 380 g/mol. The number of anilines is 3. The number of nitrogens with one attached hydrogen (secondary N) is 1. The number of phenolic OH excluding ortho intramolecular Hbond substituents is 1. The van der Waals surface area contributed by atoms with Crippen LogP contribution in [0.3, 0.4) is 0 Å². The molecule has 0 atom stereocenters. The van der Waals surface area contributed by atoms with Crippen molar-refractivity contribution < 1.29 is 9.84 Å². The van der Waals surface area contributed by atoms with Gasteiger partial charge in [0.15, 0.2) is 0 Å². The lowest BCUT2D eigenvalue weighted by Crippen LogP contribution is -2.36. The molecule has 3 aromatic rings. The molecule has 0 unspecified atom stereocenters. The summed E-state index contributed by atoms with van der Waals surface area (Å²) >= 11 is 1.52. The number of hydrogen-bond acceptors (Lipinski definition) is 7. The Morgan fingerprint density at radius 1 is 0.963 bits per heavy atom. The highest BCUT2D eigenvalue weighted by Crippen LogP contribution is 2.28. The smallest absolute Gasteiger partial charge is 0.228 e. The van der Waals surface area contributed by atoms with E-state index in [0.29, 0.717) is 5.95 Å². The lowest BCUT2D eigenvalue weighted by molar-refractivity contribution is 0.122. The van der Waals surface area contributed by atoms with Gasteiger partial charge in [0, 0.05) is 35.6 Å². The van der Waals surface area contributed by atoms with Gasteiger partial charge in [-0.15, -0.1) is 0 Å². The zero-order valence-corrected chi connectivity index (χ0v) is 15.5. The van der Waals surface area contributed by atoms with Gasteiger partial charge in [0.2, 0.25) is 5.95 Å². The molecular formula is C20H20N4O2S. The molecular weight excluding hydrogens is 360 g/mol. The molecule has 1 saturated heterocycles. The maximum atomic E-state index is 9.38. The van der Waals surface area contributed by atoms with Gasteiger partial charge < -0.3 is 20.1 Å². The standard InChI is InChI=1S/C20H20N4O2S/c25-17-5-7-18(8-6-17)27-19-9-10-21-20(23-19)22-15-1-3-16(4-2-15)24-11-13-26-14-12-24/h1-10,25H,11-14H2,(H,21,22,23). The van der Waals surface area contributed by atoms with E-state index < -0.39 is 0 Å². The molecule has 0 spiro atoms. The monoisotopic (exact) mass is 380 g/mol. The summed E-state index contributed by atoms with van der Waals surface area (Å²) in [4.78, 5) is 12.2. The highest BCUT2D eigenvalue weighted by atomic mass is 32.2. The number of ether oxygens (including phenoxy) is 1. The van der Waals surface area contributed by atoms with Crippen LogP contribution in [-0.2, 0) is 4.74 Å². The summed E-state index contributed by atoms with van der Waals surface area (Å²) in [7, 11) is 0. The van der Waals surface area contributed by atoms with Crippen LogP contribution in [0.4, 0.5) is 17.3 Å². The minimum absolute atomic E-state index is 0.255. The first kappa shape index (κ1) is 17.6. The van der Waals surface area contributed by atoms with Crippen LogP contribution in [0.2, 0.25) is 0 Å². The first-order chi connectivity index (χ1) is 13.3. The number of rotatable bonds is 5. The summed E-state index contributed by atoms with van der Waals surface area (Å²) < 4.78 is 5.40. The molecule has 1 aliphatic rings. The average Bonchev–Trinajstić information content (AvgIpc) is 2.71. The zero-order valence-electron chi connectivity index (χ0n) is 14.7. The zero-order chi connectivity index (χ0) is 18.5. The molecule has 2 aromatic carbocycles. The van der Waals surface area contributed by atoms with E-state index in [9.17, 15) is 5.11 Å². The van der Waals surface area contributed by atoms with Gasteiger partial charge in [-0.2, -0.15) is 0 Å². The second kappa shape index (κ2) is 8.28. The van der Waals surface area contributed by atoms with Gasteiger partial charge in [0.05, 0.1) is 13.2 Å². The van der Waals surface area contributed by atoms with E-state index in [4.69, 9.17) is 4.74 Å². The maximum absolute atomic E-state index is 9.38. The molecule has 0 radical (unpaired) electrons. The van der Waals surface area contributed by atoms with Crippen molar-refractivity contribution in [2.75, 3.05) is 36.5 Å². The Balaban J connectivity index is 1.42. The van der Waals surface area contributed by atoms with E-state index >= 15 is 0 Å². The number of aromatic nitrogens is 2. The van der Waals surface area contributed by atoms with E-state index in [2.05, 4.69) is 32.3 Å². The maximum Gasteiger partial charge on any atom is 0.228 e. The van der Waals surface area contributed by atoms with Crippen molar-refractivity contribution in [3.05, 3.63) is 60.8 Å². The Labute approximate surface area is 162 Å². The van der Waals surface area contributed by atoms with Crippen molar-refractivity contribution in [3.63, 3.8) is 0 Å². The van der Waals surface area contributed by atoms with E-state index in [1.165, 1.54) is 17.4 Å². The summed E-state index contributed by atoms with van der Waals surface area (Å²) in [5.74, 6) is 0.808. The van der Waals surface area contributed by atoms with Crippen LogP contribution in [-0.4, -0.2) is 41.4 Å². The lowest BCUT2D eigenvalue weighted by Gasteiger charge is -2.28. The van der Waals surface area contributed by atoms with E-state index in [0.717, 1.165) is 41.9 Å². The largest absolute Gasteiger partial charge is 0.508 e. The van der Waals surface area contributed by atoms with Crippen molar-refractivity contribution in [2.24, 2.45) is 0 Å².